The smallest absolute Gasteiger partial charge is 0.225 e. The third kappa shape index (κ3) is 2.98. The van der Waals surface area contributed by atoms with Crippen LogP contribution in [-0.2, 0) is 4.79 Å². The fourth-order valence-electron chi connectivity index (χ4n) is 1.81. The first-order valence-corrected chi connectivity index (χ1v) is 5.45. The summed E-state index contributed by atoms with van der Waals surface area (Å²) in [7, 11) is 0. The number of rotatable bonds is 2. The van der Waals surface area contributed by atoms with Crippen LogP contribution < -0.4 is 11.1 Å². The molecule has 82 valence electrons. The molecule has 0 aromatic carbocycles. The monoisotopic (exact) mass is 198 g/mol. The van der Waals surface area contributed by atoms with E-state index in [1.807, 2.05) is 20.8 Å². The Labute approximate surface area is 86.4 Å². The van der Waals surface area contributed by atoms with Crippen molar-refractivity contribution in [1.29, 1.82) is 0 Å². The van der Waals surface area contributed by atoms with E-state index < -0.39 is 0 Å². The predicted octanol–water partition coefficient (Wildman–Crippen LogP) is 1.28. The van der Waals surface area contributed by atoms with Gasteiger partial charge in [-0.05, 0) is 18.8 Å². The summed E-state index contributed by atoms with van der Waals surface area (Å²) in [4.78, 5) is 11.6. The largest absolute Gasteiger partial charge is 0.355 e. The van der Waals surface area contributed by atoms with Crippen LogP contribution in [0.2, 0.25) is 0 Å². The van der Waals surface area contributed by atoms with Crippen LogP contribution in [0.3, 0.4) is 0 Å². The van der Waals surface area contributed by atoms with Gasteiger partial charge in [0.25, 0.3) is 0 Å². The number of hydrogen-bond donors (Lipinski definition) is 2. The van der Waals surface area contributed by atoms with E-state index in [2.05, 4.69) is 5.32 Å². The maximum atomic E-state index is 11.6. The van der Waals surface area contributed by atoms with E-state index >= 15 is 0 Å². The molecule has 3 N–H and O–H groups in total. The van der Waals surface area contributed by atoms with E-state index in [1.54, 1.807) is 0 Å². The maximum absolute atomic E-state index is 11.6. The van der Waals surface area contributed by atoms with Crippen molar-refractivity contribution in [3.63, 3.8) is 0 Å². The van der Waals surface area contributed by atoms with Gasteiger partial charge in [-0.3, -0.25) is 4.79 Å². The predicted molar refractivity (Wildman–Crippen MR) is 57.8 cm³/mol. The van der Waals surface area contributed by atoms with Gasteiger partial charge in [-0.25, -0.2) is 0 Å². The molecule has 3 nitrogen and oxygen atoms in total. The van der Waals surface area contributed by atoms with Gasteiger partial charge < -0.3 is 11.1 Å². The lowest BCUT2D eigenvalue weighted by atomic mass is 9.95. The zero-order valence-electron chi connectivity index (χ0n) is 9.47. The second-order valence-electron chi connectivity index (χ2n) is 5.31. The Kier molecular flexibility index (Phi) is 3.53. The number of amides is 1. The van der Waals surface area contributed by atoms with Crippen LogP contribution in [0.15, 0.2) is 0 Å². The van der Waals surface area contributed by atoms with E-state index in [-0.39, 0.29) is 17.4 Å². The van der Waals surface area contributed by atoms with Gasteiger partial charge in [0.2, 0.25) is 5.91 Å². The molecule has 0 saturated heterocycles. The van der Waals surface area contributed by atoms with Gasteiger partial charge in [-0.1, -0.05) is 27.2 Å². The second-order valence-corrected chi connectivity index (χ2v) is 5.31. The molecule has 0 heterocycles. The molecule has 1 saturated carbocycles. The highest BCUT2D eigenvalue weighted by Crippen LogP contribution is 2.23. The normalized spacial score (nSPS) is 27.7. The van der Waals surface area contributed by atoms with Gasteiger partial charge in [0.1, 0.15) is 0 Å². The van der Waals surface area contributed by atoms with Crippen molar-refractivity contribution in [2.24, 2.45) is 17.1 Å². The first-order chi connectivity index (χ1) is 6.41. The first-order valence-electron chi connectivity index (χ1n) is 5.45. The van der Waals surface area contributed by atoms with Gasteiger partial charge in [0.05, 0.1) is 0 Å². The molecule has 0 aromatic heterocycles. The molecule has 1 amide bonds. The molecule has 1 fully saturated rings. The molecule has 0 radical (unpaired) electrons. The molecule has 0 spiro atoms. The molecule has 0 bridgehead atoms. The van der Waals surface area contributed by atoms with Crippen LogP contribution in [0, 0.1) is 11.3 Å². The summed E-state index contributed by atoms with van der Waals surface area (Å²) in [5.74, 6) is 0.609. The average Bonchev–Trinajstić information content (AvgIpc) is 2.45. The highest BCUT2D eigenvalue weighted by molar-refractivity contribution is 5.81. The third-order valence-corrected chi connectivity index (χ3v) is 2.92. The lowest BCUT2D eigenvalue weighted by Crippen LogP contribution is -2.40. The fraction of sp³-hybridized carbons (Fsp3) is 0.909. The quantitative estimate of drug-likeness (QED) is 0.702. The number of nitrogens with two attached hydrogens (primary N) is 1. The first kappa shape index (κ1) is 11.5. The molecule has 14 heavy (non-hydrogen) atoms. The Morgan fingerprint density at radius 1 is 1.43 bits per heavy atom. The lowest BCUT2D eigenvalue weighted by Gasteiger charge is -2.21. The van der Waals surface area contributed by atoms with Crippen LogP contribution in [-0.4, -0.2) is 18.5 Å². The Morgan fingerprint density at radius 3 is 2.50 bits per heavy atom. The Morgan fingerprint density at radius 2 is 2.07 bits per heavy atom. The van der Waals surface area contributed by atoms with E-state index in [0.29, 0.717) is 5.92 Å². The Balaban J connectivity index is 2.30. The van der Waals surface area contributed by atoms with Gasteiger partial charge in [0, 0.05) is 18.0 Å². The zero-order chi connectivity index (χ0) is 10.8. The van der Waals surface area contributed by atoms with Crippen LogP contribution in [0.4, 0.5) is 0 Å². The number of carbonyl (C=O) groups excluding carboxylic acids is 1. The summed E-state index contributed by atoms with van der Waals surface area (Å²) in [6.07, 6.45) is 3.47. The third-order valence-electron chi connectivity index (χ3n) is 2.92. The van der Waals surface area contributed by atoms with Crippen molar-refractivity contribution in [2.75, 3.05) is 6.54 Å². The lowest BCUT2D eigenvalue weighted by molar-refractivity contribution is -0.128. The summed E-state index contributed by atoms with van der Waals surface area (Å²) >= 11 is 0. The van der Waals surface area contributed by atoms with Gasteiger partial charge >= 0.3 is 0 Å². The second kappa shape index (κ2) is 4.30. The van der Waals surface area contributed by atoms with Gasteiger partial charge in [-0.2, -0.15) is 0 Å². The maximum Gasteiger partial charge on any atom is 0.225 e. The molecule has 1 aliphatic rings. The zero-order valence-corrected chi connectivity index (χ0v) is 9.47. The number of hydrogen-bond acceptors (Lipinski definition) is 2. The highest BCUT2D eigenvalue weighted by atomic mass is 16.2. The van der Waals surface area contributed by atoms with E-state index in [9.17, 15) is 4.79 Å². The van der Waals surface area contributed by atoms with Crippen molar-refractivity contribution in [3.05, 3.63) is 0 Å². The molecule has 1 aliphatic carbocycles. The molecule has 2 unspecified atom stereocenters. The summed E-state index contributed by atoms with van der Waals surface area (Å²) in [5.41, 5.74) is 5.63. The highest BCUT2D eigenvalue weighted by Gasteiger charge is 2.26. The molecule has 1 rings (SSSR count). The summed E-state index contributed by atoms with van der Waals surface area (Å²) in [5, 5.41) is 2.98. The van der Waals surface area contributed by atoms with Crippen LogP contribution in [0.5, 0.6) is 0 Å². The molecular weight excluding hydrogens is 176 g/mol. The Hall–Kier alpha value is -0.570. The van der Waals surface area contributed by atoms with Gasteiger partial charge in [-0.15, -0.1) is 0 Å². The van der Waals surface area contributed by atoms with Crippen LogP contribution in [0.25, 0.3) is 0 Å². The average molecular weight is 198 g/mol. The topological polar surface area (TPSA) is 55.1 Å². The molecule has 0 aliphatic heterocycles. The minimum atomic E-state index is -0.289. The molecule has 2 atom stereocenters. The van der Waals surface area contributed by atoms with Gasteiger partial charge in [0.15, 0.2) is 0 Å². The van der Waals surface area contributed by atoms with Crippen molar-refractivity contribution < 1.29 is 4.79 Å². The van der Waals surface area contributed by atoms with Crippen LogP contribution >= 0.6 is 0 Å². The SMILES string of the molecule is CC(C)(C)C(=O)NCC1CCCC1N. The van der Waals surface area contributed by atoms with E-state index in [4.69, 9.17) is 5.73 Å². The fourth-order valence-corrected chi connectivity index (χ4v) is 1.81. The number of carbonyl (C=O) groups is 1. The van der Waals surface area contributed by atoms with Crippen molar-refractivity contribution in [1.82, 2.24) is 5.32 Å². The number of nitrogens with one attached hydrogen (secondary N) is 1. The van der Waals surface area contributed by atoms with E-state index in [0.717, 1.165) is 19.4 Å². The molecule has 0 aromatic rings. The van der Waals surface area contributed by atoms with Crippen molar-refractivity contribution in [2.45, 2.75) is 46.1 Å². The minimum Gasteiger partial charge on any atom is -0.355 e. The standard InChI is InChI=1S/C11H22N2O/c1-11(2,3)10(14)13-7-8-5-4-6-9(8)12/h8-9H,4-7,12H2,1-3H3,(H,13,14). The molecule has 3 heteroatoms. The minimum absolute atomic E-state index is 0.122. The van der Waals surface area contributed by atoms with Crippen molar-refractivity contribution in [3.8, 4) is 0 Å². The van der Waals surface area contributed by atoms with Crippen LogP contribution in [0.1, 0.15) is 40.0 Å². The molecular formula is C11H22N2O. The van der Waals surface area contributed by atoms with E-state index in [1.165, 1.54) is 6.42 Å². The van der Waals surface area contributed by atoms with Crippen molar-refractivity contribution >= 4 is 5.91 Å². The summed E-state index contributed by atoms with van der Waals surface area (Å²) in [6.45, 7) is 6.53. The Bertz CT molecular complexity index is 208. The summed E-state index contributed by atoms with van der Waals surface area (Å²) < 4.78 is 0. The summed E-state index contributed by atoms with van der Waals surface area (Å²) in [6, 6.07) is 0.287.